The van der Waals surface area contributed by atoms with Gasteiger partial charge in [-0.25, -0.2) is 4.98 Å². The molecule has 0 bridgehead atoms. The van der Waals surface area contributed by atoms with E-state index >= 15 is 0 Å². The highest BCUT2D eigenvalue weighted by atomic mass is 16.1. The number of carbonyl (C=O) groups excluding carboxylic acids is 1. The maximum atomic E-state index is 11.1. The number of benzene rings is 1. The van der Waals surface area contributed by atoms with Crippen LogP contribution in [0.4, 0.5) is 11.5 Å². The summed E-state index contributed by atoms with van der Waals surface area (Å²) in [5, 5.41) is 3.17. The van der Waals surface area contributed by atoms with E-state index in [1.54, 1.807) is 24.7 Å². The Labute approximate surface area is 122 Å². The molecule has 0 aliphatic heterocycles. The van der Waals surface area contributed by atoms with E-state index in [4.69, 9.17) is 0 Å². The lowest BCUT2D eigenvalue weighted by Gasteiger charge is -2.07. The van der Waals surface area contributed by atoms with Crippen LogP contribution in [-0.2, 0) is 0 Å². The van der Waals surface area contributed by atoms with Gasteiger partial charge in [0.15, 0.2) is 6.29 Å². The van der Waals surface area contributed by atoms with Crippen LogP contribution in [0.2, 0.25) is 0 Å². The third-order valence-corrected chi connectivity index (χ3v) is 3.10. The summed E-state index contributed by atoms with van der Waals surface area (Å²) in [5.41, 5.74) is 3.33. The molecule has 0 saturated heterocycles. The van der Waals surface area contributed by atoms with Crippen LogP contribution >= 0.6 is 0 Å². The first kappa shape index (κ1) is 13.0. The molecule has 0 saturated carbocycles. The number of hydrogen-bond donors (Lipinski definition) is 1. The normalized spacial score (nSPS) is 10.1. The number of anilines is 2. The lowest BCUT2D eigenvalue weighted by atomic mass is 10.0. The molecule has 3 rings (SSSR count). The van der Waals surface area contributed by atoms with Crippen LogP contribution in [0.5, 0.6) is 0 Å². The van der Waals surface area contributed by atoms with Crippen LogP contribution in [0.15, 0.2) is 67.1 Å². The molecule has 0 radical (unpaired) electrons. The summed E-state index contributed by atoms with van der Waals surface area (Å²) >= 11 is 0. The van der Waals surface area contributed by atoms with Crippen LogP contribution in [0.1, 0.15) is 10.4 Å². The van der Waals surface area contributed by atoms with Crippen LogP contribution in [0.3, 0.4) is 0 Å². The van der Waals surface area contributed by atoms with Crippen molar-refractivity contribution in [3.8, 4) is 11.1 Å². The summed E-state index contributed by atoms with van der Waals surface area (Å²) in [7, 11) is 0. The highest BCUT2D eigenvalue weighted by molar-refractivity contribution is 5.87. The second kappa shape index (κ2) is 5.96. The number of pyridine rings is 2. The Balaban J connectivity index is 1.86. The quantitative estimate of drug-likeness (QED) is 0.738. The molecule has 0 atom stereocenters. The molecule has 2 aromatic heterocycles. The van der Waals surface area contributed by atoms with Crippen molar-refractivity contribution in [2.24, 2.45) is 0 Å². The summed E-state index contributed by atoms with van der Waals surface area (Å²) in [5.74, 6) is 0.732. The van der Waals surface area contributed by atoms with E-state index in [9.17, 15) is 4.79 Å². The second-order valence-corrected chi connectivity index (χ2v) is 4.50. The lowest BCUT2D eigenvalue weighted by molar-refractivity contribution is 0.112. The van der Waals surface area contributed by atoms with Crippen molar-refractivity contribution in [1.29, 1.82) is 0 Å². The zero-order valence-corrected chi connectivity index (χ0v) is 11.2. The number of nitrogens with zero attached hydrogens (tertiary/aromatic N) is 2. The average Bonchev–Trinajstić information content (AvgIpc) is 2.56. The Morgan fingerprint density at radius 1 is 0.952 bits per heavy atom. The van der Waals surface area contributed by atoms with E-state index in [0.717, 1.165) is 28.9 Å². The Morgan fingerprint density at radius 3 is 2.57 bits per heavy atom. The van der Waals surface area contributed by atoms with E-state index in [2.05, 4.69) is 15.3 Å². The number of carbonyl (C=O) groups is 1. The molecule has 102 valence electrons. The van der Waals surface area contributed by atoms with Crippen LogP contribution < -0.4 is 5.32 Å². The third-order valence-electron chi connectivity index (χ3n) is 3.10. The Bertz CT molecular complexity index is 739. The minimum atomic E-state index is 0.660. The van der Waals surface area contributed by atoms with Crippen molar-refractivity contribution >= 4 is 17.8 Å². The van der Waals surface area contributed by atoms with E-state index in [-0.39, 0.29) is 0 Å². The average molecular weight is 275 g/mol. The van der Waals surface area contributed by atoms with E-state index < -0.39 is 0 Å². The molecular weight excluding hydrogens is 262 g/mol. The highest BCUT2D eigenvalue weighted by Gasteiger charge is 2.04. The first-order valence-corrected chi connectivity index (χ1v) is 6.54. The van der Waals surface area contributed by atoms with Gasteiger partial charge in [0, 0.05) is 23.5 Å². The highest BCUT2D eigenvalue weighted by Crippen LogP contribution is 2.23. The number of hydrogen-bond acceptors (Lipinski definition) is 4. The van der Waals surface area contributed by atoms with Crippen molar-refractivity contribution < 1.29 is 4.79 Å². The standard InChI is InChI=1S/C17H13N3O/c21-12-14-4-1-2-6-16(14)13-7-8-17(19-10-13)20-15-5-3-9-18-11-15/h1-12H,(H,19,20). The number of aromatic nitrogens is 2. The van der Waals surface area contributed by atoms with Gasteiger partial charge in [0.25, 0.3) is 0 Å². The lowest BCUT2D eigenvalue weighted by Crippen LogP contribution is -1.94. The molecule has 1 N–H and O–H groups in total. The maximum Gasteiger partial charge on any atom is 0.150 e. The summed E-state index contributed by atoms with van der Waals surface area (Å²) in [6, 6.07) is 15.1. The van der Waals surface area contributed by atoms with Gasteiger partial charge in [-0.1, -0.05) is 24.3 Å². The summed E-state index contributed by atoms with van der Waals surface area (Å²) in [6.45, 7) is 0. The fourth-order valence-corrected chi connectivity index (χ4v) is 2.07. The minimum absolute atomic E-state index is 0.660. The minimum Gasteiger partial charge on any atom is -0.339 e. The van der Waals surface area contributed by atoms with Crippen molar-refractivity contribution in [1.82, 2.24) is 9.97 Å². The number of nitrogens with one attached hydrogen (secondary N) is 1. The number of rotatable bonds is 4. The van der Waals surface area contributed by atoms with Crippen molar-refractivity contribution in [3.63, 3.8) is 0 Å². The first-order valence-electron chi connectivity index (χ1n) is 6.54. The molecule has 4 nitrogen and oxygen atoms in total. The number of aldehydes is 1. The zero-order valence-electron chi connectivity index (χ0n) is 11.2. The van der Waals surface area contributed by atoms with Crippen molar-refractivity contribution in [2.75, 3.05) is 5.32 Å². The van der Waals surface area contributed by atoms with Gasteiger partial charge in [0.2, 0.25) is 0 Å². The third kappa shape index (κ3) is 2.95. The van der Waals surface area contributed by atoms with Gasteiger partial charge in [0.1, 0.15) is 5.82 Å². The Hall–Kier alpha value is -3.01. The van der Waals surface area contributed by atoms with Crippen LogP contribution in [0.25, 0.3) is 11.1 Å². The second-order valence-electron chi connectivity index (χ2n) is 4.50. The van der Waals surface area contributed by atoms with Crippen LogP contribution in [0, 0.1) is 0 Å². The van der Waals surface area contributed by atoms with Crippen LogP contribution in [-0.4, -0.2) is 16.3 Å². The summed E-state index contributed by atoms with van der Waals surface area (Å²) < 4.78 is 0. The van der Waals surface area contributed by atoms with Crippen molar-refractivity contribution in [2.45, 2.75) is 0 Å². The Kier molecular flexibility index (Phi) is 3.69. The molecule has 3 aromatic rings. The van der Waals surface area contributed by atoms with E-state index in [1.807, 2.05) is 42.5 Å². The molecule has 0 aliphatic carbocycles. The maximum absolute atomic E-state index is 11.1. The molecule has 0 fully saturated rings. The predicted molar refractivity (Wildman–Crippen MR) is 82.6 cm³/mol. The summed E-state index contributed by atoms with van der Waals surface area (Å²) in [6.07, 6.45) is 6.06. The molecular formula is C17H13N3O. The Morgan fingerprint density at radius 2 is 1.86 bits per heavy atom. The van der Waals surface area contributed by atoms with Gasteiger partial charge in [0.05, 0.1) is 11.9 Å². The van der Waals surface area contributed by atoms with Gasteiger partial charge < -0.3 is 5.32 Å². The predicted octanol–water partition coefficient (Wildman–Crippen LogP) is 3.70. The van der Waals surface area contributed by atoms with Gasteiger partial charge in [-0.3, -0.25) is 9.78 Å². The topological polar surface area (TPSA) is 54.9 Å². The molecule has 0 spiro atoms. The summed E-state index contributed by atoms with van der Waals surface area (Å²) in [4.78, 5) is 19.5. The molecule has 0 aliphatic rings. The van der Waals surface area contributed by atoms with E-state index in [1.165, 1.54) is 0 Å². The molecule has 2 heterocycles. The molecule has 21 heavy (non-hydrogen) atoms. The zero-order chi connectivity index (χ0) is 14.5. The molecule has 0 unspecified atom stereocenters. The van der Waals surface area contributed by atoms with Gasteiger partial charge >= 0.3 is 0 Å². The SMILES string of the molecule is O=Cc1ccccc1-c1ccc(Nc2cccnc2)nc1. The first-order chi connectivity index (χ1) is 10.4. The van der Waals surface area contributed by atoms with Crippen molar-refractivity contribution in [3.05, 3.63) is 72.7 Å². The fraction of sp³-hybridized carbons (Fsp3) is 0. The fourth-order valence-electron chi connectivity index (χ4n) is 2.07. The monoisotopic (exact) mass is 275 g/mol. The van der Waals surface area contributed by atoms with Gasteiger partial charge in [-0.05, 0) is 29.8 Å². The largest absolute Gasteiger partial charge is 0.339 e. The smallest absolute Gasteiger partial charge is 0.150 e. The molecule has 1 aromatic carbocycles. The van der Waals surface area contributed by atoms with Gasteiger partial charge in [-0.15, -0.1) is 0 Å². The molecule has 4 heteroatoms. The van der Waals surface area contributed by atoms with E-state index in [0.29, 0.717) is 5.56 Å². The van der Waals surface area contributed by atoms with Gasteiger partial charge in [-0.2, -0.15) is 0 Å². The molecule has 0 amide bonds.